The first kappa shape index (κ1) is 20.2. The van der Waals surface area contributed by atoms with Gasteiger partial charge in [-0.05, 0) is 41.3 Å². The Labute approximate surface area is 180 Å². The Hall–Kier alpha value is -3.12. The highest BCUT2D eigenvalue weighted by Crippen LogP contribution is 2.20. The van der Waals surface area contributed by atoms with E-state index in [1.54, 1.807) is 15.6 Å². The molecule has 0 fully saturated rings. The van der Waals surface area contributed by atoms with E-state index in [0.29, 0.717) is 42.0 Å². The maximum Gasteiger partial charge on any atom is 0.276 e. The molecular weight excluding hydrogens is 400 g/mol. The van der Waals surface area contributed by atoms with Crippen LogP contribution in [-0.2, 0) is 13.1 Å². The van der Waals surface area contributed by atoms with Crippen LogP contribution in [0.25, 0.3) is 0 Å². The van der Waals surface area contributed by atoms with E-state index in [9.17, 15) is 9.59 Å². The number of nitrogens with zero attached hydrogens (tertiary/aromatic N) is 3. The van der Waals surface area contributed by atoms with E-state index in [1.165, 1.54) is 5.56 Å². The number of carbonyl (C=O) groups is 2. The SMILES string of the molecule is CC(C)c1ccc(NC(=O)c2cc3n(n2)CCN(Cc2ccc(Cl)cc2)C3=O)cc1. The molecule has 1 aliphatic rings. The molecule has 0 radical (unpaired) electrons. The van der Waals surface area contributed by atoms with Gasteiger partial charge in [0.2, 0.25) is 0 Å². The Morgan fingerprint density at radius 2 is 1.80 bits per heavy atom. The highest BCUT2D eigenvalue weighted by atomic mass is 35.5. The minimum absolute atomic E-state index is 0.135. The average molecular weight is 423 g/mol. The molecule has 7 heteroatoms. The fourth-order valence-electron chi connectivity index (χ4n) is 3.46. The van der Waals surface area contributed by atoms with Gasteiger partial charge in [0.25, 0.3) is 11.8 Å². The van der Waals surface area contributed by atoms with Gasteiger partial charge in [0, 0.05) is 29.9 Å². The summed E-state index contributed by atoms with van der Waals surface area (Å²) in [5.41, 5.74) is 3.57. The molecular formula is C23H23ClN4O2. The summed E-state index contributed by atoms with van der Waals surface area (Å²) < 4.78 is 1.61. The second-order valence-corrected chi connectivity index (χ2v) is 8.16. The van der Waals surface area contributed by atoms with Crippen LogP contribution in [0.3, 0.4) is 0 Å². The molecule has 2 aromatic carbocycles. The molecule has 0 spiro atoms. The van der Waals surface area contributed by atoms with Crippen LogP contribution < -0.4 is 5.32 Å². The summed E-state index contributed by atoms with van der Waals surface area (Å²) in [5, 5.41) is 7.85. The number of benzene rings is 2. The van der Waals surface area contributed by atoms with Crippen molar-refractivity contribution < 1.29 is 9.59 Å². The average Bonchev–Trinajstić information content (AvgIpc) is 3.17. The molecule has 1 aromatic heterocycles. The second-order valence-electron chi connectivity index (χ2n) is 7.72. The lowest BCUT2D eigenvalue weighted by atomic mass is 10.0. The van der Waals surface area contributed by atoms with Gasteiger partial charge in [-0.2, -0.15) is 5.10 Å². The third kappa shape index (κ3) is 4.24. The van der Waals surface area contributed by atoms with E-state index < -0.39 is 0 Å². The molecule has 0 saturated heterocycles. The summed E-state index contributed by atoms with van der Waals surface area (Å²) in [6, 6.07) is 16.7. The van der Waals surface area contributed by atoms with Crippen molar-refractivity contribution in [1.29, 1.82) is 0 Å². The standard InChI is InChI=1S/C23H23ClN4O2/c1-15(2)17-5-9-19(10-6-17)25-22(29)20-13-21-23(30)27(11-12-28(21)26-20)14-16-3-7-18(24)8-4-16/h3-10,13,15H,11-12,14H2,1-2H3,(H,25,29). The van der Waals surface area contributed by atoms with E-state index in [-0.39, 0.29) is 17.5 Å². The van der Waals surface area contributed by atoms with Crippen molar-refractivity contribution in [1.82, 2.24) is 14.7 Å². The third-order valence-electron chi connectivity index (χ3n) is 5.22. The molecule has 2 amide bonds. The van der Waals surface area contributed by atoms with Crippen LogP contribution in [0.4, 0.5) is 5.69 Å². The highest BCUT2D eigenvalue weighted by molar-refractivity contribution is 6.30. The van der Waals surface area contributed by atoms with Crippen LogP contribution in [0.5, 0.6) is 0 Å². The largest absolute Gasteiger partial charge is 0.331 e. The summed E-state index contributed by atoms with van der Waals surface area (Å²) in [6.45, 7) is 5.82. The molecule has 0 atom stereocenters. The van der Waals surface area contributed by atoms with Gasteiger partial charge in [-0.3, -0.25) is 14.3 Å². The topological polar surface area (TPSA) is 67.2 Å². The van der Waals surface area contributed by atoms with E-state index in [1.807, 2.05) is 48.5 Å². The fourth-order valence-corrected chi connectivity index (χ4v) is 3.58. The number of rotatable bonds is 5. The summed E-state index contributed by atoms with van der Waals surface area (Å²) in [5.74, 6) is -0.0354. The van der Waals surface area contributed by atoms with Gasteiger partial charge in [0.15, 0.2) is 5.69 Å². The number of fused-ring (bicyclic) bond motifs is 1. The quantitative estimate of drug-likeness (QED) is 0.655. The number of carbonyl (C=O) groups excluding carboxylic acids is 2. The van der Waals surface area contributed by atoms with Gasteiger partial charge >= 0.3 is 0 Å². The van der Waals surface area contributed by atoms with Gasteiger partial charge in [0.05, 0.1) is 6.54 Å². The van der Waals surface area contributed by atoms with Crippen LogP contribution in [-0.4, -0.2) is 33.0 Å². The van der Waals surface area contributed by atoms with Crippen molar-refractivity contribution in [2.45, 2.75) is 32.9 Å². The summed E-state index contributed by atoms with van der Waals surface area (Å²) in [6.07, 6.45) is 0. The Morgan fingerprint density at radius 1 is 1.10 bits per heavy atom. The zero-order valence-corrected chi connectivity index (χ0v) is 17.7. The number of halogens is 1. The Kier molecular flexibility index (Phi) is 5.59. The summed E-state index contributed by atoms with van der Waals surface area (Å²) >= 11 is 5.93. The molecule has 154 valence electrons. The van der Waals surface area contributed by atoms with Crippen molar-refractivity contribution in [3.63, 3.8) is 0 Å². The Balaban J connectivity index is 1.46. The predicted octanol–water partition coefficient (Wildman–Crippen LogP) is 4.57. The van der Waals surface area contributed by atoms with E-state index >= 15 is 0 Å². The number of aromatic nitrogens is 2. The van der Waals surface area contributed by atoms with Crippen LogP contribution >= 0.6 is 11.6 Å². The first-order chi connectivity index (χ1) is 14.4. The van der Waals surface area contributed by atoms with Crippen molar-refractivity contribution in [3.8, 4) is 0 Å². The lowest BCUT2D eigenvalue weighted by molar-refractivity contribution is 0.0683. The molecule has 1 N–H and O–H groups in total. The monoisotopic (exact) mass is 422 g/mol. The van der Waals surface area contributed by atoms with Gasteiger partial charge in [-0.25, -0.2) is 0 Å². The molecule has 0 unspecified atom stereocenters. The van der Waals surface area contributed by atoms with Gasteiger partial charge in [-0.15, -0.1) is 0 Å². The Bertz CT molecular complexity index is 1070. The lowest BCUT2D eigenvalue weighted by Crippen LogP contribution is -2.39. The first-order valence-electron chi connectivity index (χ1n) is 9.93. The lowest BCUT2D eigenvalue weighted by Gasteiger charge is -2.27. The maximum absolute atomic E-state index is 12.9. The minimum atomic E-state index is -0.328. The number of hydrogen-bond acceptors (Lipinski definition) is 3. The smallest absolute Gasteiger partial charge is 0.276 e. The first-order valence-corrected chi connectivity index (χ1v) is 10.3. The van der Waals surface area contributed by atoms with Crippen LogP contribution in [0.1, 0.15) is 51.9 Å². The van der Waals surface area contributed by atoms with E-state index in [4.69, 9.17) is 11.6 Å². The van der Waals surface area contributed by atoms with Gasteiger partial charge < -0.3 is 10.2 Å². The molecule has 6 nitrogen and oxygen atoms in total. The molecule has 0 saturated carbocycles. The zero-order valence-electron chi connectivity index (χ0n) is 16.9. The molecule has 3 aromatic rings. The molecule has 0 bridgehead atoms. The van der Waals surface area contributed by atoms with Crippen molar-refractivity contribution >= 4 is 29.1 Å². The molecule has 4 rings (SSSR count). The summed E-state index contributed by atoms with van der Waals surface area (Å²) in [4.78, 5) is 27.3. The van der Waals surface area contributed by atoms with Crippen LogP contribution in [0.2, 0.25) is 5.02 Å². The number of amides is 2. The van der Waals surface area contributed by atoms with Crippen LogP contribution in [0.15, 0.2) is 54.6 Å². The van der Waals surface area contributed by atoms with Crippen molar-refractivity contribution in [2.24, 2.45) is 0 Å². The molecule has 30 heavy (non-hydrogen) atoms. The number of nitrogens with one attached hydrogen (secondary N) is 1. The third-order valence-corrected chi connectivity index (χ3v) is 5.47. The molecule has 2 heterocycles. The van der Waals surface area contributed by atoms with Gasteiger partial charge in [0.1, 0.15) is 5.69 Å². The number of anilines is 1. The van der Waals surface area contributed by atoms with Gasteiger partial charge in [-0.1, -0.05) is 49.7 Å². The van der Waals surface area contributed by atoms with Crippen molar-refractivity contribution in [3.05, 3.63) is 82.1 Å². The minimum Gasteiger partial charge on any atom is -0.331 e. The van der Waals surface area contributed by atoms with Crippen LogP contribution in [0, 0.1) is 0 Å². The normalized spacial score (nSPS) is 13.5. The second kappa shape index (κ2) is 8.32. The van der Waals surface area contributed by atoms with E-state index in [2.05, 4.69) is 24.3 Å². The molecule has 0 aliphatic carbocycles. The zero-order chi connectivity index (χ0) is 21.3. The van der Waals surface area contributed by atoms with Crippen molar-refractivity contribution in [2.75, 3.05) is 11.9 Å². The maximum atomic E-state index is 12.9. The van der Waals surface area contributed by atoms with E-state index in [0.717, 1.165) is 5.56 Å². The molecule has 1 aliphatic heterocycles. The Morgan fingerprint density at radius 3 is 2.47 bits per heavy atom. The highest BCUT2D eigenvalue weighted by Gasteiger charge is 2.28. The predicted molar refractivity (Wildman–Crippen MR) is 117 cm³/mol. The summed E-state index contributed by atoms with van der Waals surface area (Å²) in [7, 11) is 0. The fraction of sp³-hybridized carbons (Fsp3) is 0.261. The number of hydrogen-bond donors (Lipinski definition) is 1.